The Balaban J connectivity index is 1.39. The van der Waals surface area contributed by atoms with Crippen molar-refractivity contribution in [2.45, 2.75) is 25.3 Å². The molecule has 156 valence electrons. The molecule has 30 heavy (non-hydrogen) atoms. The van der Waals surface area contributed by atoms with E-state index in [9.17, 15) is 14.0 Å². The van der Waals surface area contributed by atoms with Crippen molar-refractivity contribution in [3.63, 3.8) is 0 Å². The molecule has 1 aliphatic heterocycles. The molecule has 2 amide bonds. The van der Waals surface area contributed by atoms with Crippen molar-refractivity contribution < 1.29 is 14.0 Å². The number of likely N-dealkylation sites (tertiary alicyclic amines) is 1. The van der Waals surface area contributed by atoms with Crippen molar-refractivity contribution in [1.29, 1.82) is 0 Å². The minimum atomic E-state index is -0.521. The van der Waals surface area contributed by atoms with Gasteiger partial charge in [-0.3, -0.25) is 9.59 Å². The summed E-state index contributed by atoms with van der Waals surface area (Å²) in [6, 6.07) is 8.75. The molecular formula is C22H20Cl2FN3O2. The van der Waals surface area contributed by atoms with Gasteiger partial charge in [-0.05, 0) is 61.2 Å². The lowest BCUT2D eigenvalue weighted by Gasteiger charge is -2.24. The van der Waals surface area contributed by atoms with Crippen molar-refractivity contribution in [3.8, 4) is 0 Å². The molecule has 1 aromatic heterocycles. The Morgan fingerprint density at radius 1 is 1.17 bits per heavy atom. The maximum absolute atomic E-state index is 13.3. The van der Waals surface area contributed by atoms with Crippen LogP contribution < -0.4 is 5.32 Å². The molecule has 1 fully saturated rings. The van der Waals surface area contributed by atoms with Gasteiger partial charge < -0.3 is 15.2 Å². The standard InChI is InChI=1S/C22H20Cl2FN3O2/c23-15-8-14(9-16(24)10-15)22(30)28-7-1-2-20(28)21(29)26-6-5-13-12-27-19-11-17(25)3-4-18(13)19/h3-4,8-12,20,27H,1-2,5-7H2,(H,26,29). The number of aromatic nitrogens is 1. The summed E-state index contributed by atoms with van der Waals surface area (Å²) in [5.41, 5.74) is 2.10. The van der Waals surface area contributed by atoms with Gasteiger partial charge in [0.05, 0.1) is 0 Å². The number of hydrogen-bond donors (Lipinski definition) is 2. The third kappa shape index (κ3) is 4.30. The Labute approximate surface area is 183 Å². The van der Waals surface area contributed by atoms with E-state index in [-0.39, 0.29) is 17.6 Å². The number of aromatic amines is 1. The highest BCUT2D eigenvalue weighted by Crippen LogP contribution is 2.25. The van der Waals surface area contributed by atoms with Gasteiger partial charge in [0.25, 0.3) is 5.91 Å². The van der Waals surface area contributed by atoms with Crippen molar-refractivity contribution >= 4 is 45.9 Å². The minimum absolute atomic E-state index is 0.181. The predicted molar refractivity (Wildman–Crippen MR) is 115 cm³/mol. The first-order chi connectivity index (χ1) is 14.4. The molecule has 1 unspecified atom stereocenters. The highest BCUT2D eigenvalue weighted by molar-refractivity contribution is 6.35. The van der Waals surface area contributed by atoms with Crippen LogP contribution in [0.25, 0.3) is 10.9 Å². The molecule has 5 nitrogen and oxygen atoms in total. The summed E-state index contributed by atoms with van der Waals surface area (Å²) in [4.78, 5) is 30.3. The maximum atomic E-state index is 13.3. The van der Waals surface area contributed by atoms with Crippen LogP contribution in [-0.4, -0.2) is 40.8 Å². The van der Waals surface area contributed by atoms with Gasteiger partial charge in [0, 0.05) is 45.8 Å². The zero-order chi connectivity index (χ0) is 21.3. The summed E-state index contributed by atoms with van der Waals surface area (Å²) in [6.07, 6.45) is 3.79. The molecule has 1 saturated heterocycles. The molecule has 0 saturated carbocycles. The number of carbonyl (C=O) groups excluding carboxylic acids is 2. The highest BCUT2D eigenvalue weighted by Gasteiger charge is 2.34. The summed E-state index contributed by atoms with van der Waals surface area (Å²) >= 11 is 12.0. The van der Waals surface area contributed by atoms with Gasteiger partial charge >= 0.3 is 0 Å². The van der Waals surface area contributed by atoms with E-state index in [0.29, 0.717) is 41.5 Å². The quantitative estimate of drug-likeness (QED) is 0.601. The minimum Gasteiger partial charge on any atom is -0.361 e. The van der Waals surface area contributed by atoms with E-state index < -0.39 is 6.04 Å². The fraction of sp³-hybridized carbons (Fsp3) is 0.273. The molecule has 1 aliphatic rings. The summed E-state index contributed by atoms with van der Waals surface area (Å²) in [6.45, 7) is 0.930. The Morgan fingerprint density at radius 3 is 2.70 bits per heavy atom. The summed E-state index contributed by atoms with van der Waals surface area (Å²) in [7, 11) is 0. The van der Waals surface area contributed by atoms with Gasteiger partial charge in [-0.2, -0.15) is 0 Å². The van der Waals surface area contributed by atoms with Gasteiger partial charge in [0.15, 0.2) is 0 Å². The number of halogens is 3. The normalized spacial score (nSPS) is 16.2. The molecule has 2 heterocycles. The molecule has 0 radical (unpaired) electrons. The number of nitrogens with one attached hydrogen (secondary N) is 2. The number of H-pyrrole nitrogens is 1. The summed E-state index contributed by atoms with van der Waals surface area (Å²) in [5.74, 6) is -0.730. The first-order valence-electron chi connectivity index (χ1n) is 9.72. The number of fused-ring (bicyclic) bond motifs is 1. The summed E-state index contributed by atoms with van der Waals surface area (Å²) in [5, 5.41) is 4.62. The lowest BCUT2D eigenvalue weighted by atomic mass is 10.1. The number of hydrogen-bond acceptors (Lipinski definition) is 2. The van der Waals surface area contributed by atoms with Crippen molar-refractivity contribution in [3.05, 3.63) is 69.6 Å². The maximum Gasteiger partial charge on any atom is 0.254 e. The van der Waals surface area contributed by atoms with Gasteiger partial charge in [0.1, 0.15) is 11.9 Å². The largest absolute Gasteiger partial charge is 0.361 e. The molecular weight excluding hydrogens is 428 g/mol. The second-order valence-electron chi connectivity index (χ2n) is 7.36. The van der Waals surface area contributed by atoms with Crippen LogP contribution in [-0.2, 0) is 11.2 Å². The third-order valence-electron chi connectivity index (χ3n) is 5.35. The van der Waals surface area contributed by atoms with Crippen LogP contribution in [0.5, 0.6) is 0 Å². The number of carbonyl (C=O) groups is 2. The van der Waals surface area contributed by atoms with Crippen LogP contribution in [0.3, 0.4) is 0 Å². The number of benzene rings is 2. The Hall–Kier alpha value is -2.57. The van der Waals surface area contributed by atoms with Crippen LogP contribution in [0.2, 0.25) is 10.0 Å². The zero-order valence-corrected chi connectivity index (χ0v) is 17.6. The van der Waals surface area contributed by atoms with E-state index in [2.05, 4.69) is 10.3 Å². The second kappa shape index (κ2) is 8.66. The van der Waals surface area contributed by atoms with Crippen LogP contribution >= 0.6 is 23.2 Å². The Morgan fingerprint density at radius 2 is 1.93 bits per heavy atom. The van der Waals surface area contributed by atoms with E-state index in [1.54, 1.807) is 29.2 Å². The molecule has 8 heteroatoms. The number of nitrogens with zero attached hydrogens (tertiary/aromatic N) is 1. The van der Waals surface area contributed by atoms with E-state index in [1.807, 2.05) is 6.20 Å². The average Bonchev–Trinajstić information content (AvgIpc) is 3.33. The molecule has 2 N–H and O–H groups in total. The fourth-order valence-electron chi connectivity index (χ4n) is 3.93. The topological polar surface area (TPSA) is 65.2 Å². The number of amides is 2. The molecule has 1 atom stereocenters. The van der Waals surface area contributed by atoms with Crippen LogP contribution in [0, 0.1) is 5.82 Å². The van der Waals surface area contributed by atoms with E-state index in [0.717, 1.165) is 22.9 Å². The lowest BCUT2D eigenvalue weighted by Crippen LogP contribution is -2.46. The van der Waals surface area contributed by atoms with Gasteiger partial charge in [0.2, 0.25) is 5.91 Å². The Kier molecular flexibility index (Phi) is 5.97. The van der Waals surface area contributed by atoms with Crippen LogP contribution in [0.1, 0.15) is 28.8 Å². The molecule has 0 aliphatic carbocycles. The van der Waals surface area contributed by atoms with Crippen LogP contribution in [0.4, 0.5) is 4.39 Å². The van der Waals surface area contributed by atoms with Crippen molar-refractivity contribution in [1.82, 2.24) is 15.2 Å². The fourth-order valence-corrected chi connectivity index (χ4v) is 4.46. The average molecular weight is 448 g/mol. The van der Waals surface area contributed by atoms with Crippen LogP contribution in [0.15, 0.2) is 42.6 Å². The zero-order valence-electron chi connectivity index (χ0n) is 16.1. The number of rotatable bonds is 5. The van der Waals surface area contributed by atoms with Gasteiger partial charge in [-0.15, -0.1) is 0 Å². The highest BCUT2D eigenvalue weighted by atomic mass is 35.5. The van der Waals surface area contributed by atoms with E-state index in [1.165, 1.54) is 12.1 Å². The SMILES string of the molecule is O=C(NCCc1c[nH]c2cc(F)ccc12)C1CCCN1C(=O)c1cc(Cl)cc(Cl)c1. The van der Waals surface area contributed by atoms with E-state index in [4.69, 9.17) is 23.2 Å². The molecule has 3 aromatic rings. The summed E-state index contributed by atoms with van der Waals surface area (Å²) < 4.78 is 13.3. The first-order valence-corrected chi connectivity index (χ1v) is 10.5. The molecule has 0 spiro atoms. The predicted octanol–water partition coefficient (Wildman–Crippen LogP) is 4.58. The molecule has 0 bridgehead atoms. The van der Waals surface area contributed by atoms with Gasteiger partial charge in [-0.1, -0.05) is 23.2 Å². The van der Waals surface area contributed by atoms with Crippen molar-refractivity contribution in [2.75, 3.05) is 13.1 Å². The third-order valence-corrected chi connectivity index (χ3v) is 5.79. The van der Waals surface area contributed by atoms with Crippen molar-refractivity contribution in [2.24, 2.45) is 0 Å². The Bertz CT molecular complexity index is 1090. The smallest absolute Gasteiger partial charge is 0.254 e. The molecule has 4 rings (SSSR count). The monoisotopic (exact) mass is 447 g/mol. The van der Waals surface area contributed by atoms with E-state index >= 15 is 0 Å². The second-order valence-corrected chi connectivity index (χ2v) is 8.23. The lowest BCUT2D eigenvalue weighted by molar-refractivity contribution is -0.124. The first kappa shape index (κ1) is 20.7. The van der Waals surface area contributed by atoms with Gasteiger partial charge in [-0.25, -0.2) is 4.39 Å². The molecule has 2 aromatic carbocycles.